The Kier molecular flexibility index (Phi) is 6.25. The average Bonchev–Trinajstić information content (AvgIpc) is 3.05. The molecule has 0 saturated carbocycles. The van der Waals surface area contributed by atoms with Crippen LogP contribution < -0.4 is 4.74 Å². The fraction of sp³-hybridized carbons (Fsp3) is 0.458. The Balaban J connectivity index is 1.38. The maximum atomic E-state index is 12.7. The molecule has 2 aromatic carbocycles. The SMILES string of the molecule is COCCOc1ccc(C2(O)CC3CCC(C2)N3C(=O)OCc2ccccc2)cc1. The third-order valence-electron chi connectivity index (χ3n) is 6.13. The maximum absolute atomic E-state index is 12.7. The van der Waals surface area contributed by atoms with Crippen molar-refractivity contribution in [1.29, 1.82) is 0 Å². The second kappa shape index (κ2) is 9.06. The number of carbonyl (C=O) groups is 1. The molecule has 160 valence electrons. The fourth-order valence-corrected chi connectivity index (χ4v) is 4.66. The van der Waals surface area contributed by atoms with Gasteiger partial charge in [-0.3, -0.25) is 0 Å². The molecule has 2 fully saturated rings. The highest BCUT2D eigenvalue weighted by Crippen LogP contribution is 2.46. The highest BCUT2D eigenvalue weighted by atomic mass is 16.6. The number of hydrogen-bond donors (Lipinski definition) is 1. The van der Waals surface area contributed by atoms with E-state index in [1.54, 1.807) is 7.11 Å². The first-order valence-corrected chi connectivity index (χ1v) is 10.5. The van der Waals surface area contributed by atoms with Gasteiger partial charge in [-0.1, -0.05) is 42.5 Å². The molecular weight excluding hydrogens is 382 g/mol. The van der Waals surface area contributed by atoms with E-state index in [-0.39, 0.29) is 24.8 Å². The molecule has 6 nitrogen and oxygen atoms in total. The average molecular weight is 411 g/mol. The number of carbonyl (C=O) groups excluding carboxylic acids is 1. The number of piperidine rings is 1. The van der Waals surface area contributed by atoms with Crippen LogP contribution in [0.4, 0.5) is 4.79 Å². The van der Waals surface area contributed by atoms with E-state index in [9.17, 15) is 9.90 Å². The molecule has 0 aliphatic carbocycles. The molecule has 4 rings (SSSR count). The van der Waals surface area contributed by atoms with Gasteiger partial charge in [-0.25, -0.2) is 4.79 Å². The van der Waals surface area contributed by atoms with Gasteiger partial charge >= 0.3 is 6.09 Å². The zero-order chi connectivity index (χ0) is 21.0. The van der Waals surface area contributed by atoms with Gasteiger partial charge in [-0.15, -0.1) is 0 Å². The van der Waals surface area contributed by atoms with Crippen molar-refractivity contribution in [3.8, 4) is 5.75 Å². The third-order valence-corrected chi connectivity index (χ3v) is 6.13. The topological polar surface area (TPSA) is 68.2 Å². The molecule has 0 aromatic heterocycles. The Morgan fingerprint density at radius 3 is 2.33 bits per heavy atom. The van der Waals surface area contributed by atoms with Gasteiger partial charge < -0.3 is 24.2 Å². The second-order valence-corrected chi connectivity index (χ2v) is 8.14. The van der Waals surface area contributed by atoms with E-state index in [4.69, 9.17) is 14.2 Å². The Labute approximate surface area is 177 Å². The molecule has 1 N–H and O–H groups in total. The van der Waals surface area contributed by atoms with Crippen molar-refractivity contribution in [1.82, 2.24) is 4.90 Å². The molecule has 1 amide bonds. The summed E-state index contributed by atoms with van der Waals surface area (Å²) >= 11 is 0. The van der Waals surface area contributed by atoms with Crippen LogP contribution in [0, 0.1) is 0 Å². The first kappa shape index (κ1) is 20.7. The summed E-state index contributed by atoms with van der Waals surface area (Å²) in [5.74, 6) is 0.754. The van der Waals surface area contributed by atoms with E-state index in [1.807, 2.05) is 59.5 Å². The van der Waals surface area contributed by atoms with Crippen molar-refractivity contribution in [2.75, 3.05) is 20.3 Å². The molecule has 0 spiro atoms. The Bertz CT molecular complexity index is 824. The maximum Gasteiger partial charge on any atom is 0.410 e. The molecule has 2 aromatic rings. The number of nitrogens with zero attached hydrogens (tertiary/aromatic N) is 1. The van der Waals surface area contributed by atoms with Gasteiger partial charge in [0.1, 0.15) is 19.0 Å². The first-order chi connectivity index (χ1) is 14.6. The van der Waals surface area contributed by atoms with Gasteiger partial charge in [-0.05, 0) is 36.1 Å². The zero-order valence-corrected chi connectivity index (χ0v) is 17.3. The van der Waals surface area contributed by atoms with Crippen molar-refractivity contribution >= 4 is 6.09 Å². The van der Waals surface area contributed by atoms with E-state index in [2.05, 4.69) is 0 Å². The molecule has 30 heavy (non-hydrogen) atoms. The zero-order valence-electron chi connectivity index (χ0n) is 17.3. The molecular formula is C24H29NO5. The van der Waals surface area contributed by atoms with Crippen LogP contribution in [0.3, 0.4) is 0 Å². The summed E-state index contributed by atoms with van der Waals surface area (Å²) in [6.45, 7) is 1.29. The molecule has 2 atom stereocenters. The molecule has 2 aliphatic heterocycles. The lowest BCUT2D eigenvalue weighted by Gasteiger charge is -2.43. The largest absolute Gasteiger partial charge is 0.491 e. The number of amides is 1. The highest BCUT2D eigenvalue weighted by molar-refractivity contribution is 5.69. The Hall–Kier alpha value is -2.57. The summed E-state index contributed by atoms with van der Waals surface area (Å²) in [6, 6.07) is 17.3. The fourth-order valence-electron chi connectivity index (χ4n) is 4.66. The van der Waals surface area contributed by atoms with Crippen LogP contribution in [-0.2, 0) is 21.7 Å². The van der Waals surface area contributed by atoms with Gasteiger partial charge in [0, 0.05) is 32.0 Å². The summed E-state index contributed by atoms with van der Waals surface area (Å²) in [5.41, 5.74) is 0.905. The predicted molar refractivity (Wildman–Crippen MR) is 112 cm³/mol. The van der Waals surface area contributed by atoms with Gasteiger partial charge in [0.05, 0.1) is 12.2 Å². The van der Waals surface area contributed by atoms with Crippen LogP contribution in [0.15, 0.2) is 54.6 Å². The first-order valence-electron chi connectivity index (χ1n) is 10.5. The van der Waals surface area contributed by atoms with Crippen molar-refractivity contribution in [3.63, 3.8) is 0 Å². The molecule has 2 unspecified atom stereocenters. The van der Waals surface area contributed by atoms with Crippen LogP contribution >= 0.6 is 0 Å². The normalized spacial score (nSPS) is 25.2. The molecule has 0 radical (unpaired) electrons. The van der Waals surface area contributed by atoms with Gasteiger partial charge in [0.2, 0.25) is 0 Å². The standard InChI is InChI=1S/C24H29NO5/c1-28-13-14-29-22-11-7-19(8-12-22)24(27)15-20-9-10-21(16-24)25(20)23(26)30-17-18-5-3-2-4-6-18/h2-8,11-12,20-21,27H,9-10,13-17H2,1H3. The predicted octanol–water partition coefficient (Wildman–Crippen LogP) is 3.86. The minimum absolute atomic E-state index is 0.00495. The summed E-state index contributed by atoms with van der Waals surface area (Å²) in [7, 11) is 1.64. The number of ether oxygens (including phenoxy) is 3. The van der Waals surface area contributed by atoms with E-state index >= 15 is 0 Å². The van der Waals surface area contributed by atoms with E-state index < -0.39 is 5.60 Å². The molecule has 2 bridgehead atoms. The molecule has 6 heteroatoms. The Morgan fingerprint density at radius 2 is 1.70 bits per heavy atom. The van der Waals surface area contributed by atoms with Crippen molar-refractivity contribution < 1.29 is 24.1 Å². The number of aliphatic hydroxyl groups is 1. The van der Waals surface area contributed by atoms with Gasteiger partial charge in [-0.2, -0.15) is 0 Å². The number of benzene rings is 2. The smallest absolute Gasteiger partial charge is 0.410 e. The minimum Gasteiger partial charge on any atom is -0.491 e. The quantitative estimate of drug-likeness (QED) is 0.701. The molecule has 2 saturated heterocycles. The minimum atomic E-state index is -0.937. The Morgan fingerprint density at radius 1 is 1.03 bits per heavy atom. The van der Waals surface area contributed by atoms with Crippen LogP contribution in [0.5, 0.6) is 5.75 Å². The van der Waals surface area contributed by atoms with E-state index in [0.717, 1.165) is 29.7 Å². The monoisotopic (exact) mass is 411 g/mol. The van der Waals surface area contributed by atoms with Crippen LogP contribution in [0.2, 0.25) is 0 Å². The highest BCUT2D eigenvalue weighted by Gasteiger charge is 2.50. The van der Waals surface area contributed by atoms with E-state index in [0.29, 0.717) is 26.1 Å². The number of fused-ring (bicyclic) bond motifs is 2. The summed E-state index contributed by atoms with van der Waals surface area (Å²) in [6.07, 6.45) is 2.55. The second-order valence-electron chi connectivity index (χ2n) is 8.14. The van der Waals surface area contributed by atoms with E-state index in [1.165, 1.54) is 0 Å². The number of methoxy groups -OCH3 is 1. The van der Waals surface area contributed by atoms with Crippen molar-refractivity contribution in [3.05, 3.63) is 65.7 Å². The van der Waals surface area contributed by atoms with Crippen molar-refractivity contribution in [2.24, 2.45) is 0 Å². The van der Waals surface area contributed by atoms with Crippen LogP contribution in [0.25, 0.3) is 0 Å². The summed E-state index contributed by atoms with van der Waals surface area (Å²) < 4.78 is 16.2. The van der Waals surface area contributed by atoms with Gasteiger partial charge in [0.25, 0.3) is 0 Å². The third kappa shape index (κ3) is 4.45. The lowest BCUT2D eigenvalue weighted by Crippen LogP contribution is -2.52. The number of hydrogen-bond acceptors (Lipinski definition) is 5. The molecule has 2 heterocycles. The molecule has 2 aliphatic rings. The van der Waals surface area contributed by atoms with Crippen LogP contribution in [-0.4, -0.2) is 48.5 Å². The lowest BCUT2D eigenvalue weighted by molar-refractivity contribution is -0.0537. The lowest BCUT2D eigenvalue weighted by atomic mass is 9.80. The van der Waals surface area contributed by atoms with Gasteiger partial charge in [0.15, 0.2) is 0 Å². The van der Waals surface area contributed by atoms with Crippen molar-refractivity contribution in [2.45, 2.75) is 50.0 Å². The number of rotatable bonds is 7. The summed E-state index contributed by atoms with van der Waals surface area (Å²) in [5, 5.41) is 11.4. The summed E-state index contributed by atoms with van der Waals surface area (Å²) in [4.78, 5) is 14.6. The van der Waals surface area contributed by atoms with Crippen LogP contribution in [0.1, 0.15) is 36.8 Å².